The minimum Gasteiger partial charge on any atom is -0.495 e. The quantitative estimate of drug-likeness (QED) is 0.733. The first-order valence-corrected chi connectivity index (χ1v) is 10.0. The number of hydrogen-bond donors (Lipinski definition) is 1. The highest BCUT2D eigenvalue weighted by Gasteiger charge is 2.27. The lowest BCUT2D eigenvalue weighted by Gasteiger charge is -2.26. The molecular weight excluding hydrogens is 386 g/mol. The Bertz CT molecular complexity index is 914. The Morgan fingerprint density at radius 2 is 2.04 bits per heavy atom. The van der Waals surface area contributed by atoms with Crippen LogP contribution in [0.25, 0.3) is 0 Å². The van der Waals surface area contributed by atoms with Gasteiger partial charge in [-0.25, -0.2) is 13.4 Å². The number of amides is 1. The molecule has 9 nitrogen and oxygen atoms in total. The van der Waals surface area contributed by atoms with E-state index in [4.69, 9.17) is 14.2 Å². The fraction of sp³-hybridized carbons (Fsp3) is 0.333. The molecule has 3 rings (SSSR count). The molecule has 1 fully saturated rings. The second-order valence-electron chi connectivity index (χ2n) is 5.88. The van der Waals surface area contributed by atoms with Crippen LogP contribution >= 0.6 is 0 Å². The van der Waals surface area contributed by atoms with Crippen molar-refractivity contribution in [3.05, 3.63) is 42.6 Å². The fourth-order valence-corrected chi connectivity index (χ4v) is 4.05. The molecule has 1 aliphatic heterocycles. The van der Waals surface area contributed by atoms with E-state index >= 15 is 0 Å². The number of anilines is 1. The first kappa shape index (κ1) is 20.1. The molecule has 150 valence electrons. The van der Waals surface area contributed by atoms with E-state index in [-0.39, 0.29) is 17.3 Å². The first-order chi connectivity index (χ1) is 13.5. The Balaban J connectivity index is 1.69. The van der Waals surface area contributed by atoms with Crippen LogP contribution in [0.2, 0.25) is 0 Å². The number of nitrogens with zero attached hydrogens (tertiary/aromatic N) is 2. The van der Waals surface area contributed by atoms with Crippen molar-refractivity contribution in [1.82, 2.24) is 9.29 Å². The van der Waals surface area contributed by atoms with Crippen LogP contribution in [-0.2, 0) is 19.6 Å². The standard InChI is InChI=1S/C18H21N3O6S/c1-25-16-12-14(28(23,24)21-8-10-26-11-9-21)5-6-15(16)20-17(22)13-27-18-4-2-3-7-19-18/h2-7,12H,8-11,13H2,1H3,(H,20,22). The molecule has 1 aromatic heterocycles. The van der Waals surface area contributed by atoms with Gasteiger partial charge in [-0.15, -0.1) is 0 Å². The lowest BCUT2D eigenvalue weighted by atomic mass is 10.3. The van der Waals surface area contributed by atoms with Crippen LogP contribution in [0.1, 0.15) is 0 Å². The summed E-state index contributed by atoms with van der Waals surface area (Å²) in [5.74, 6) is 0.143. The lowest BCUT2D eigenvalue weighted by Crippen LogP contribution is -2.40. The van der Waals surface area contributed by atoms with E-state index in [1.165, 1.54) is 29.6 Å². The Morgan fingerprint density at radius 1 is 1.25 bits per heavy atom. The number of morpholine rings is 1. The molecular formula is C18H21N3O6S. The van der Waals surface area contributed by atoms with E-state index < -0.39 is 15.9 Å². The van der Waals surface area contributed by atoms with Crippen molar-refractivity contribution < 1.29 is 27.4 Å². The minimum absolute atomic E-state index is 0.0917. The van der Waals surface area contributed by atoms with Crippen LogP contribution in [0.4, 0.5) is 5.69 Å². The number of ether oxygens (including phenoxy) is 3. The van der Waals surface area contributed by atoms with Gasteiger partial charge in [-0.05, 0) is 18.2 Å². The molecule has 28 heavy (non-hydrogen) atoms. The molecule has 1 aliphatic rings. The molecule has 2 heterocycles. The first-order valence-electron chi connectivity index (χ1n) is 8.60. The average Bonchev–Trinajstić information content (AvgIpc) is 2.74. The van der Waals surface area contributed by atoms with Crippen LogP contribution in [0.15, 0.2) is 47.5 Å². The number of nitrogens with one attached hydrogen (secondary N) is 1. The molecule has 2 aromatic rings. The van der Waals surface area contributed by atoms with Gasteiger partial charge in [0.25, 0.3) is 5.91 Å². The van der Waals surface area contributed by atoms with Gasteiger partial charge in [-0.3, -0.25) is 4.79 Å². The number of benzene rings is 1. The predicted molar refractivity (Wildman–Crippen MR) is 101 cm³/mol. The maximum atomic E-state index is 12.7. The van der Waals surface area contributed by atoms with Crippen LogP contribution in [0, 0.1) is 0 Å². The molecule has 0 atom stereocenters. The van der Waals surface area contributed by atoms with Gasteiger partial charge in [0.15, 0.2) is 6.61 Å². The maximum absolute atomic E-state index is 12.7. The Kier molecular flexibility index (Phi) is 6.45. The van der Waals surface area contributed by atoms with Gasteiger partial charge in [0.05, 0.1) is 30.9 Å². The maximum Gasteiger partial charge on any atom is 0.262 e. The summed E-state index contributed by atoms with van der Waals surface area (Å²) in [5, 5.41) is 2.64. The number of carbonyl (C=O) groups excluding carboxylic acids is 1. The van der Waals surface area contributed by atoms with Crippen LogP contribution in [0.3, 0.4) is 0 Å². The summed E-state index contributed by atoms with van der Waals surface area (Å²) >= 11 is 0. The zero-order chi connectivity index (χ0) is 20.0. The third-order valence-corrected chi connectivity index (χ3v) is 5.94. The largest absolute Gasteiger partial charge is 0.495 e. The second-order valence-corrected chi connectivity index (χ2v) is 7.82. The lowest BCUT2D eigenvalue weighted by molar-refractivity contribution is -0.118. The zero-order valence-electron chi connectivity index (χ0n) is 15.3. The minimum atomic E-state index is -3.66. The van der Waals surface area contributed by atoms with Crippen LogP contribution < -0.4 is 14.8 Å². The van der Waals surface area contributed by atoms with E-state index in [1.54, 1.807) is 24.4 Å². The highest BCUT2D eigenvalue weighted by molar-refractivity contribution is 7.89. The molecule has 0 bridgehead atoms. The molecule has 10 heteroatoms. The van der Waals surface area contributed by atoms with Crippen LogP contribution in [0.5, 0.6) is 11.6 Å². The average molecular weight is 407 g/mol. The van der Waals surface area contributed by atoms with Gasteiger partial charge in [-0.1, -0.05) is 6.07 Å². The highest BCUT2D eigenvalue weighted by Crippen LogP contribution is 2.29. The zero-order valence-corrected chi connectivity index (χ0v) is 16.1. The summed E-state index contributed by atoms with van der Waals surface area (Å²) in [6.07, 6.45) is 1.56. The SMILES string of the molecule is COc1cc(S(=O)(=O)N2CCOCC2)ccc1NC(=O)COc1ccccn1. The number of aromatic nitrogens is 1. The molecule has 1 aromatic carbocycles. The smallest absolute Gasteiger partial charge is 0.262 e. The summed E-state index contributed by atoms with van der Waals surface area (Å²) in [7, 11) is -2.26. The molecule has 1 saturated heterocycles. The van der Waals surface area contributed by atoms with Crippen molar-refractivity contribution in [1.29, 1.82) is 0 Å². The van der Waals surface area contributed by atoms with Gasteiger partial charge in [0, 0.05) is 31.4 Å². The van der Waals surface area contributed by atoms with Gasteiger partial charge in [0.2, 0.25) is 15.9 Å². The van der Waals surface area contributed by atoms with Crippen molar-refractivity contribution in [2.45, 2.75) is 4.90 Å². The monoisotopic (exact) mass is 407 g/mol. The molecule has 1 N–H and O–H groups in total. The summed E-state index contributed by atoms with van der Waals surface area (Å²) in [5.41, 5.74) is 0.345. The van der Waals surface area contributed by atoms with E-state index in [2.05, 4.69) is 10.3 Å². The number of methoxy groups -OCH3 is 1. The number of pyridine rings is 1. The van der Waals surface area contributed by atoms with Crippen molar-refractivity contribution >= 4 is 21.6 Å². The predicted octanol–water partition coefficient (Wildman–Crippen LogP) is 1.13. The third-order valence-electron chi connectivity index (χ3n) is 4.04. The third kappa shape index (κ3) is 4.77. The van der Waals surface area contributed by atoms with Crippen molar-refractivity contribution in [3.63, 3.8) is 0 Å². The van der Waals surface area contributed by atoms with Crippen molar-refractivity contribution in [2.75, 3.05) is 45.3 Å². The van der Waals surface area contributed by atoms with Crippen molar-refractivity contribution in [3.8, 4) is 11.6 Å². The Labute approximate surface area is 163 Å². The van der Waals surface area contributed by atoms with Crippen molar-refractivity contribution in [2.24, 2.45) is 0 Å². The Morgan fingerprint density at radius 3 is 2.71 bits per heavy atom. The summed E-state index contributed by atoms with van der Waals surface area (Å²) < 4.78 is 42.6. The fourth-order valence-electron chi connectivity index (χ4n) is 2.63. The van der Waals surface area contributed by atoms with Gasteiger partial charge in [-0.2, -0.15) is 4.31 Å². The van der Waals surface area contributed by atoms with Gasteiger partial charge >= 0.3 is 0 Å². The number of sulfonamides is 1. The Hall–Kier alpha value is -2.69. The van der Waals surface area contributed by atoms with E-state index in [0.29, 0.717) is 37.9 Å². The summed E-state index contributed by atoms with van der Waals surface area (Å²) in [6.45, 7) is 1.08. The number of rotatable bonds is 7. The second kappa shape index (κ2) is 9.00. The molecule has 0 aliphatic carbocycles. The molecule has 0 saturated carbocycles. The number of carbonyl (C=O) groups is 1. The van der Waals surface area contributed by atoms with E-state index in [1.807, 2.05) is 0 Å². The number of hydrogen-bond acceptors (Lipinski definition) is 7. The molecule has 0 unspecified atom stereocenters. The normalized spacial score (nSPS) is 15.0. The molecule has 1 amide bonds. The highest BCUT2D eigenvalue weighted by atomic mass is 32.2. The van der Waals surface area contributed by atoms with Gasteiger partial charge < -0.3 is 19.5 Å². The molecule has 0 spiro atoms. The summed E-state index contributed by atoms with van der Waals surface area (Å²) in [6, 6.07) is 9.44. The van der Waals surface area contributed by atoms with E-state index in [0.717, 1.165) is 0 Å². The van der Waals surface area contributed by atoms with Gasteiger partial charge in [0.1, 0.15) is 5.75 Å². The molecule has 0 radical (unpaired) electrons. The van der Waals surface area contributed by atoms with E-state index in [9.17, 15) is 13.2 Å². The topological polar surface area (TPSA) is 107 Å². The summed E-state index contributed by atoms with van der Waals surface area (Å²) in [4.78, 5) is 16.2. The van der Waals surface area contributed by atoms with Crippen LogP contribution in [-0.4, -0.2) is 63.6 Å².